The smallest absolute Gasteiger partial charge is 0.322 e. The van der Waals surface area contributed by atoms with Crippen molar-refractivity contribution in [1.82, 2.24) is 10.2 Å². The van der Waals surface area contributed by atoms with Crippen molar-refractivity contribution >= 4 is 23.4 Å². The number of nitrogens with one attached hydrogen (secondary N) is 1. The summed E-state index contributed by atoms with van der Waals surface area (Å²) in [6.45, 7) is 3.99. The molecule has 0 aliphatic carbocycles. The molecular formula is C23H24ClFN2O4. The molecule has 0 unspecified atom stereocenters. The van der Waals surface area contributed by atoms with Crippen molar-refractivity contribution in [2.24, 2.45) is 0 Å². The van der Waals surface area contributed by atoms with Gasteiger partial charge in [-0.2, -0.15) is 0 Å². The van der Waals surface area contributed by atoms with Gasteiger partial charge in [0.2, 0.25) is 0 Å². The van der Waals surface area contributed by atoms with Gasteiger partial charge >= 0.3 is 6.03 Å². The maximum absolute atomic E-state index is 13.4. The van der Waals surface area contributed by atoms with E-state index in [0.29, 0.717) is 28.5 Å². The molecule has 1 aliphatic rings. The molecule has 1 heterocycles. The van der Waals surface area contributed by atoms with Crippen LogP contribution in [0.1, 0.15) is 29.7 Å². The maximum Gasteiger partial charge on any atom is 0.322 e. The summed E-state index contributed by atoms with van der Waals surface area (Å²) in [5, 5.41) is 12.2. The van der Waals surface area contributed by atoms with E-state index in [9.17, 15) is 14.0 Å². The summed E-state index contributed by atoms with van der Waals surface area (Å²) in [4.78, 5) is 27.1. The topological polar surface area (TPSA) is 78.9 Å². The zero-order valence-corrected chi connectivity index (χ0v) is 18.1. The Hall–Kier alpha value is -2.90. The molecule has 1 aliphatic heterocycles. The molecule has 0 saturated heterocycles. The highest BCUT2D eigenvalue weighted by atomic mass is 35.5. The van der Waals surface area contributed by atoms with Gasteiger partial charge in [-0.15, -0.1) is 0 Å². The second-order valence-electron chi connectivity index (χ2n) is 7.19. The maximum atomic E-state index is 13.4. The van der Waals surface area contributed by atoms with Crippen molar-refractivity contribution in [2.45, 2.75) is 26.3 Å². The average Bonchev–Trinajstić information content (AvgIpc) is 2.75. The second kappa shape index (κ2) is 9.94. The standard InChI is InChI=1S/C23H24ClFN2O4/c1-3-27-13-18(22(26-23(27)30)15-4-6-17(25)7-5-15)20(29)11-16-12-21(31-9-8-28)19(24)10-14(16)2/h4-7,10,12-13,22,28H,3,8-9,11H2,1-2H3,(H,26,30)/t22-/m0/s1. The van der Waals surface area contributed by atoms with Gasteiger partial charge in [0, 0.05) is 24.7 Å². The Bertz CT molecular complexity index is 1010. The van der Waals surface area contributed by atoms with Crippen molar-refractivity contribution in [2.75, 3.05) is 19.8 Å². The van der Waals surface area contributed by atoms with E-state index < -0.39 is 11.9 Å². The molecule has 31 heavy (non-hydrogen) atoms. The fraction of sp³-hybridized carbons (Fsp3) is 0.304. The number of ketones is 1. The molecule has 2 N–H and O–H groups in total. The molecule has 0 radical (unpaired) electrons. The Labute approximate surface area is 185 Å². The number of benzene rings is 2. The van der Waals surface area contributed by atoms with Crippen LogP contribution in [0.5, 0.6) is 5.75 Å². The third kappa shape index (κ3) is 5.24. The molecule has 0 spiro atoms. The number of aliphatic hydroxyl groups excluding tert-OH is 1. The second-order valence-corrected chi connectivity index (χ2v) is 7.59. The van der Waals surface area contributed by atoms with Crippen molar-refractivity contribution in [3.05, 3.63) is 75.7 Å². The van der Waals surface area contributed by atoms with Gasteiger partial charge in [0.05, 0.1) is 17.7 Å². The van der Waals surface area contributed by atoms with Gasteiger partial charge in [0.25, 0.3) is 0 Å². The van der Waals surface area contributed by atoms with Crippen LogP contribution in [0.25, 0.3) is 0 Å². The summed E-state index contributed by atoms with van der Waals surface area (Å²) in [6.07, 6.45) is 1.62. The minimum atomic E-state index is -0.680. The SMILES string of the molecule is CCN1C=C(C(=O)Cc2cc(OCCO)c(Cl)cc2C)[C@H](c2ccc(F)cc2)NC1=O. The van der Waals surface area contributed by atoms with E-state index in [1.54, 1.807) is 30.5 Å². The molecule has 3 rings (SSSR count). The number of aliphatic hydroxyl groups is 1. The van der Waals surface area contributed by atoms with Crippen molar-refractivity contribution in [1.29, 1.82) is 0 Å². The summed E-state index contributed by atoms with van der Waals surface area (Å²) in [6, 6.07) is 8.10. The fourth-order valence-corrected chi connectivity index (χ4v) is 3.67. The predicted molar refractivity (Wildman–Crippen MR) is 116 cm³/mol. The highest BCUT2D eigenvalue weighted by Gasteiger charge is 2.31. The van der Waals surface area contributed by atoms with Crippen LogP contribution in [0, 0.1) is 12.7 Å². The number of amides is 2. The average molecular weight is 447 g/mol. The Morgan fingerprint density at radius 3 is 2.65 bits per heavy atom. The number of halogens is 2. The summed E-state index contributed by atoms with van der Waals surface area (Å²) in [5.74, 6) is -0.197. The van der Waals surface area contributed by atoms with Gasteiger partial charge in [-0.05, 0) is 54.8 Å². The molecular weight excluding hydrogens is 423 g/mol. The summed E-state index contributed by atoms with van der Waals surface area (Å²) < 4.78 is 18.8. The van der Waals surface area contributed by atoms with Crippen LogP contribution in [-0.4, -0.2) is 41.6 Å². The number of ether oxygens (including phenoxy) is 1. The van der Waals surface area contributed by atoms with Gasteiger partial charge in [-0.1, -0.05) is 23.7 Å². The normalized spacial score (nSPS) is 16.0. The first-order valence-corrected chi connectivity index (χ1v) is 10.3. The molecule has 0 fully saturated rings. The lowest BCUT2D eigenvalue weighted by atomic mass is 9.91. The van der Waals surface area contributed by atoms with Gasteiger partial charge in [-0.3, -0.25) is 4.79 Å². The van der Waals surface area contributed by atoms with Crippen LogP contribution in [0.3, 0.4) is 0 Å². The number of carbonyl (C=O) groups is 2. The highest BCUT2D eigenvalue weighted by Crippen LogP contribution is 2.31. The molecule has 0 aromatic heterocycles. The van der Waals surface area contributed by atoms with Crippen LogP contribution in [0.15, 0.2) is 48.2 Å². The number of aryl methyl sites for hydroxylation is 1. The van der Waals surface area contributed by atoms with E-state index >= 15 is 0 Å². The van der Waals surface area contributed by atoms with E-state index in [-0.39, 0.29) is 31.4 Å². The number of hydrogen-bond donors (Lipinski definition) is 2. The summed E-state index contributed by atoms with van der Waals surface area (Å²) in [7, 11) is 0. The van der Waals surface area contributed by atoms with Crippen molar-refractivity contribution in [3.8, 4) is 5.75 Å². The Kier molecular flexibility index (Phi) is 7.30. The van der Waals surface area contributed by atoms with Gasteiger partial charge in [0.15, 0.2) is 5.78 Å². The first kappa shape index (κ1) is 22.8. The molecule has 2 amide bonds. The highest BCUT2D eigenvalue weighted by molar-refractivity contribution is 6.32. The van der Waals surface area contributed by atoms with Gasteiger partial charge in [0.1, 0.15) is 18.2 Å². The Morgan fingerprint density at radius 1 is 1.29 bits per heavy atom. The van der Waals surface area contributed by atoms with Gasteiger partial charge in [-0.25, -0.2) is 9.18 Å². The number of rotatable bonds is 8. The van der Waals surface area contributed by atoms with E-state index in [1.165, 1.54) is 17.0 Å². The van der Waals surface area contributed by atoms with Crippen molar-refractivity contribution in [3.63, 3.8) is 0 Å². The number of nitrogens with zero attached hydrogens (tertiary/aromatic N) is 1. The quantitative estimate of drug-likeness (QED) is 0.643. The summed E-state index contributed by atoms with van der Waals surface area (Å²) in [5.41, 5.74) is 2.56. The zero-order valence-electron chi connectivity index (χ0n) is 17.3. The Morgan fingerprint density at radius 2 is 2.00 bits per heavy atom. The number of carbonyl (C=O) groups excluding carboxylic acids is 2. The van der Waals surface area contributed by atoms with Crippen LogP contribution in [0.4, 0.5) is 9.18 Å². The molecule has 1 atom stereocenters. The lowest BCUT2D eigenvalue weighted by molar-refractivity contribution is -0.115. The van der Waals surface area contributed by atoms with Crippen LogP contribution < -0.4 is 10.1 Å². The lowest BCUT2D eigenvalue weighted by Gasteiger charge is -2.31. The van der Waals surface area contributed by atoms with E-state index in [1.807, 2.05) is 13.8 Å². The number of urea groups is 1. The van der Waals surface area contributed by atoms with E-state index in [0.717, 1.165) is 11.1 Å². The summed E-state index contributed by atoms with van der Waals surface area (Å²) >= 11 is 6.20. The minimum absolute atomic E-state index is 0.0649. The van der Waals surface area contributed by atoms with Crippen LogP contribution in [-0.2, 0) is 11.2 Å². The minimum Gasteiger partial charge on any atom is -0.490 e. The fourth-order valence-electron chi connectivity index (χ4n) is 3.40. The van der Waals surface area contributed by atoms with E-state index in [2.05, 4.69) is 5.32 Å². The Balaban J connectivity index is 1.93. The van der Waals surface area contributed by atoms with Gasteiger partial charge < -0.3 is 20.1 Å². The predicted octanol–water partition coefficient (Wildman–Crippen LogP) is 3.94. The van der Waals surface area contributed by atoms with Crippen molar-refractivity contribution < 1.29 is 23.8 Å². The molecule has 2 aromatic rings. The zero-order chi connectivity index (χ0) is 22.5. The van der Waals surface area contributed by atoms with Crippen LogP contribution >= 0.6 is 11.6 Å². The van der Waals surface area contributed by atoms with E-state index in [4.69, 9.17) is 21.4 Å². The largest absolute Gasteiger partial charge is 0.490 e. The number of hydrogen-bond acceptors (Lipinski definition) is 4. The molecule has 8 heteroatoms. The first-order valence-electron chi connectivity index (χ1n) is 9.94. The molecule has 6 nitrogen and oxygen atoms in total. The molecule has 164 valence electrons. The molecule has 0 saturated carbocycles. The molecule has 0 bridgehead atoms. The lowest BCUT2D eigenvalue weighted by Crippen LogP contribution is -2.45. The van der Waals surface area contributed by atoms with Crippen LogP contribution in [0.2, 0.25) is 5.02 Å². The third-order valence-corrected chi connectivity index (χ3v) is 5.39. The first-order chi connectivity index (χ1) is 14.8. The third-order valence-electron chi connectivity index (χ3n) is 5.09. The molecule has 2 aromatic carbocycles. The monoisotopic (exact) mass is 446 g/mol. The number of Topliss-reactive ketones (excluding diaryl/α,β-unsaturated/α-hetero) is 1.